The average Bonchev–Trinajstić information content (AvgIpc) is 3.18. The lowest BCUT2D eigenvalue weighted by atomic mass is 10.0. The first kappa shape index (κ1) is 14.5. The molecule has 0 heterocycles. The summed E-state index contributed by atoms with van der Waals surface area (Å²) >= 11 is 0. The van der Waals surface area contributed by atoms with Gasteiger partial charge in [-0.15, -0.1) is 0 Å². The summed E-state index contributed by atoms with van der Waals surface area (Å²) in [7, 11) is 0. The third kappa shape index (κ3) is 5.33. The van der Waals surface area contributed by atoms with Gasteiger partial charge in [0.05, 0.1) is 13.2 Å². The summed E-state index contributed by atoms with van der Waals surface area (Å²) in [4.78, 5) is 0. The van der Waals surface area contributed by atoms with E-state index in [0.29, 0.717) is 12.5 Å². The summed E-state index contributed by atoms with van der Waals surface area (Å²) in [5.41, 5.74) is 1.26. The van der Waals surface area contributed by atoms with Crippen LogP contribution < -0.4 is 0 Å². The largest absolute Gasteiger partial charge is 0.396 e. The van der Waals surface area contributed by atoms with Crippen LogP contribution in [0.1, 0.15) is 38.2 Å². The van der Waals surface area contributed by atoms with Gasteiger partial charge in [-0.05, 0) is 36.2 Å². The smallest absolute Gasteiger partial charge is 0.0717 e. The van der Waals surface area contributed by atoms with Crippen LogP contribution in [0.25, 0.3) is 0 Å². The zero-order valence-corrected chi connectivity index (χ0v) is 11.9. The second-order valence-corrected chi connectivity index (χ2v) is 5.98. The molecule has 0 radical (unpaired) electrons. The first-order chi connectivity index (χ1) is 9.29. The fourth-order valence-corrected chi connectivity index (χ4v) is 2.59. The highest BCUT2D eigenvalue weighted by Crippen LogP contribution is 2.42. The summed E-state index contributed by atoms with van der Waals surface area (Å²) in [6.07, 6.45) is 5.05. The van der Waals surface area contributed by atoms with Crippen LogP contribution in [0.5, 0.6) is 0 Å². The summed E-state index contributed by atoms with van der Waals surface area (Å²) in [6.45, 7) is 4.10. The van der Waals surface area contributed by atoms with Crippen molar-refractivity contribution in [3.05, 3.63) is 35.9 Å². The minimum atomic E-state index is 0.328. The Balaban J connectivity index is 1.50. The molecular weight excluding hydrogens is 236 g/mol. The fraction of sp³-hybridized carbons (Fsp3) is 0.647. The predicted octanol–water partition coefficient (Wildman–Crippen LogP) is 3.64. The Bertz CT molecular complexity index is 350. The normalized spacial score (nSPS) is 23.3. The number of aliphatic hydroxyl groups excluding tert-OH is 1. The molecule has 0 spiro atoms. The lowest BCUT2D eigenvalue weighted by Crippen LogP contribution is -2.01. The van der Waals surface area contributed by atoms with E-state index < -0.39 is 0 Å². The van der Waals surface area contributed by atoms with Crippen molar-refractivity contribution in [2.75, 3.05) is 13.2 Å². The van der Waals surface area contributed by atoms with E-state index in [-0.39, 0.29) is 0 Å². The van der Waals surface area contributed by atoms with Gasteiger partial charge in [-0.1, -0.05) is 50.1 Å². The second kappa shape index (κ2) is 7.66. The molecule has 106 valence electrons. The van der Waals surface area contributed by atoms with Crippen LogP contribution in [0.3, 0.4) is 0 Å². The molecule has 1 N–H and O–H groups in total. The van der Waals surface area contributed by atoms with Gasteiger partial charge in [0.25, 0.3) is 0 Å². The van der Waals surface area contributed by atoms with E-state index in [4.69, 9.17) is 9.84 Å². The van der Waals surface area contributed by atoms with Crippen LogP contribution >= 0.6 is 0 Å². The molecule has 0 unspecified atom stereocenters. The van der Waals surface area contributed by atoms with Crippen molar-refractivity contribution in [3.63, 3.8) is 0 Å². The Morgan fingerprint density at radius 1 is 1.26 bits per heavy atom. The van der Waals surface area contributed by atoms with Gasteiger partial charge in [0, 0.05) is 6.61 Å². The monoisotopic (exact) mass is 262 g/mol. The number of hydrogen-bond acceptors (Lipinski definition) is 2. The van der Waals surface area contributed by atoms with Gasteiger partial charge in [-0.3, -0.25) is 0 Å². The SMILES string of the molecule is C[C@H](CO)CCC[C@@H]1C[C@H]1COCc1ccccc1. The molecule has 19 heavy (non-hydrogen) atoms. The van der Waals surface area contributed by atoms with Crippen molar-refractivity contribution in [2.45, 2.75) is 39.2 Å². The van der Waals surface area contributed by atoms with Crippen LogP contribution in [0, 0.1) is 17.8 Å². The highest BCUT2D eigenvalue weighted by molar-refractivity contribution is 5.13. The van der Waals surface area contributed by atoms with Crippen LogP contribution in [0.2, 0.25) is 0 Å². The Kier molecular flexibility index (Phi) is 5.87. The molecule has 0 saturated heterocycles. The molecule has 3 atom stereocenters. The minimum Gasteiger partial charge on any atom is -0.396 e. The van der Waals surface area contributed by atoms with Gasteiger partial charge >= 0.3 is 0 Å². The van der Waals surface area contributed by atoms with E-state index in [0.717, 1.165) is 31.5 Å². The van der Waals surface area contributed by atoms with Crippen molar-refractivity contribution in [2.24, 2.45) is 17.8 Å². The maximum absolute atomic E-state index is 8.97. The van der Waals surface area contributed by atoms with E-state index in [1.165, 1.54) is 24.8 Å². The standard InChI is InChI=1S/C17H26O2/c1-14(11-18)6-5-9-16-10-17(16)13-19-12-15-7-3-2-4-8-15/h2-4,7-8,14,16-18H,5-6,9-13H2,1H3/t14-,16+,17-/m0/s1. The second-order valence-electron chi connectivity index (χ2n) is 5.98. The Morgan fingerprint density at radius 3 is 2.79 bits per heavy atom. The number of benzene rings is 1. The number of rotatable bonds is 9. The lowest BCUT2D eigenvalue weighted by Gasteiger charge is -2.07. The van der Waals surface area contributed by atoms with Crippen LogP contribution in [-0.4, -0.2) is 18.3 Å². The predicted molar refractivity (Wildman–Crippen MR) is 77.8 cm³/mol. The quantitative estimate of drug-likeness (QED) is 0.736. The van der Waals surface area contributed by atoms with E-state index >= 15 is 0 Å². The van der Waals surface area contributed by atoms with Gasteiger partial charge in [-0.2, -0.15) is 0 Å². The molecular formula is C17H26O2. The molecule has 1 aromatic rings. The van der Waals surface area contributed by atoms with Gasteiger partial charge in [0.15, 0.2) is 0 Å². The first-order valence-electron chi connectivity index (χ1n) is 7.52. The summed E-state index contributed by atoms with van der Waals surface area (Å²) in [5, 5.41) is 8.97. The van der Waals surface area contributed by atoms with Crippen molar-refractivity contribution in [1.29, 1.82) is 0 Å². The topological polar surface area (TPSA) is 29.5 Å². The van der Waals surface area contributed by atoms with Crippen molar-refractivity contribution >= 4 is 0 Å². The fourth-order valence-electron chi connectivity index (χ4n) is 2.59. The Morgan fingerprint density at radius 2 is 2.05 bits per heavy atom. The molecule has 1 aromatic carbocycles. The minimum absolute atomic E-state index is 0.328. The van der Waals surface area contributed by atoms with Gasteiger partial charge in [0.1, 0.15) is 0 Å². The number of ether oxygens (including phenoxy) is 1. The number of aliphatic hydroxyl groups is 1. The van der Waals surface area contributed by atoms with Crippen molar-refractivity contribution in [1.82, 2.24) is 0 Å². The highest BCUT2D eigenvalue weighted by atomic mass is 16.5. The molecule has 1 aliphatic rings. The third-order valence-electron chi connectivity index (χ3n) is 4.10. The van der Waals surface area contributed by atoms with Crippen molar-refractivity contribution in [3.8, 4) is 0 Å². The Hall–Kier alpha value is -0.860. The van der Waals surface area contributed by atoms with E-state index in [2.05, 4.69) is 31.2 Å². The molecule has 2 heteroatoms. The third-order valence-corrected chi connectivity index (χ3v) is 4.10. The average molecular weight is 262 g/mol. The molecule has 0 aliphatic heterocycles. The van der Waals surface area contributed by atoms with E-state index in [9.17, 15) is 0 Å². The molecule has 1 saturated carbocycles. The number of hydrogen-bond donors (Lipinski definition) is 1. The maximum atomic E-state index is 8.97. The van der Waals surface area contributed by atoms with E-state index in [1.807, 2.05) is 6.07 Å². The van der Waals surface area contributed by atoms with Gasteiger partial charge in [-0.25, -0.2) is 0 Å². The van der Waals surface area contributed by atoms with Crippen LogP contribution in [0.15, 0.2) is 30.3 Å². The molecule has 1 aliphatic carbocycles. The summed E-state index contributed by atoms with van der Waals surface area (Å²) < 4.78 is 5.78. The summed E-state index contributed by atoms with van der Waals surface area (Å²) in [6, 6.07) is 10.4. The summed E-state index contributed by atoms with van der Waals surface area (Å²) in [5.74, 6) is 2.13. The van der Waals surface area contributed by atoms with Gasteiger partial charge < -0.3 is 9.84 Å². The maximum Gasteiger partial charge on any atom is 0.0717 e. The molecule has 1 fully saturated rings. The van der Waals surface area contributed by atoms with Crippen molar-refractivity contribution < 1.29 is 9.84 Å². The molecule has 2 rings (SSSR count). The molecule has 0 bridgehead atoms. The van der Waals surface area contributed by atoms with Crippen LogP contribution in [0.4, 0.5) is 0 Å². The van der Waals surface area contributed by atoms with Crippen LogP contribution in [-0.2, 0) is 11.3 Å². The lowest BCUT2D eigenvalue weighted by molar-refractivity contribution is 0.107. The first-order valence-corrected chi connectivity index (χ1v) is 7.52. The molecule has 2 nitrogen and oxygen atoms in total. The molecule has 0 amide bonds. The zero-order valence-electron chi connectivity index (χ0n) is 11.9. The molecule has 0 aromatic heterocycles. The van der Waals surface area contributed by atoms with Gasteiger partial charge in [0.2, 0.25) is 0 Å². The Labute approximate surface area is 116 Å². The zero-order chi connectivity index (χ0) is 13.5. The van der Waals surface area contributed by atoms with E-state index in [1.54, 1.807) is 0 Å². The highest BCUT2D eigenvalue weighted by Gasteiger charge is 2.36.